The highest BCUT2D eigenvalue weighted by Crippen LogP contribution is 2.33. The van der Waals surface area contributed by atoms with Crippen LogP contribution in [0.15, 0.2) is 18.2 Å². The summed E-state index contributed by atoms with van der Waals surface area (Å²) >= 11 is 0. The number of ether oxygens (including phenoxy) is 5. The first-order valence-electron chi connectivity index (χ1n) is 13.1. The first-order chi connectivity index (χ1) is 19.4. The van der Waals surface area contributed by atoms with Gasteiger partial charge in [-0.2, -0.15) is 0 Å². The number of nitrogens with one attached hydrogen (secondary N) is 2. The van der Waals surface area contributed by atoms with E-state index in [9.17, 15) is 24.0 Å². The standard InChI is InChI=1S/C26H35N3O11/c30-8-11-37-13-15-39-17-16-38-14-12-36-9-6-21(31)27-7-10-40-20-3-1-2-18-23(20)26(35)29(25(18)34)19-4-5-22(32)28-24(19)33/h1-3,19,30H,4-17H2,(H,27,31)(H,28,32,33). The van der Waals surface area contributed by atoms with Gasteiger partial charge in [0.25, 0.3) is 11.8 Å². The van der Waals surface area contributed by atoms with Crippen molar-refractivity contribution in [2.75, 3.05) is 72.6 Å². The Morgan fingerprint density at radius 1 is 0.900 bits per heavy atom. The number of carbonyl (C=O) groups excluding carboxylic acids is 5. The van der Waals surface area contributed by atoms with Crippen molar-refractivity contribution in [2.45, 2.75) is 25.3 Å². The molecule has 2 aliphatic rings. The molecule has 14 nitrogen and oxygen atoms in total. The third kappa shape index (κ3) is 9.06. The zero-order valence-corrected chi connectivity index (χ0v) is 22.2. The number of imide groups is 2. The summed E-state index contributed by atoms with van der Waals surface area (Å²) in [6.07, 6.45) is 0.241. The predicted octanol–water partition coefficient (Wildman–Crippen LogP) is -0.968. The lowest BCUT2D eigenvalue weighted by Crippen LogP contribution is -2.54. The van der Waals surface area contributed by atoms with Crippen LogP contribution < -0.4 is 15.4 Å². The molecule has 3 rings (SSSR count). The lowest BCUT2D eigenvalue weighted by atomic mass is 10.0. The number of hydrogen-bond acceptors (Lipinski definition) is 11. The topological polar surface area (TPSA) is 179 Å². The molecule has 1 aromatic rings. The van der Waals surface area contributed by atoms with Crippen LogP contribution in [0.5, 0.6) is 5.75 Å². The monoisotopic (exact) mass is 565 g/mol. The van der Waals surface area contributed by atoms with Crippen molar-refractivity contribution in [1.29, 1.82) is 0 Å². The second-order valence-corrected chi connectivity index (χ2v) is 8.75. The summed E-state index contributed by atoms with van der Waals surface area (Å²) in [6.45, 7) is 3.06. The summed E-state index contributed by atoms with van der Waals surface area (Å²) in [5.41, 5.74) is 0.173. The van der Waals surface area contributed by atoms with E-state index in [0.29, 0.717) is 39.6 Å². The van der Waals surface area contributed by atoms with Crippen molar-refractivity contribution in [3.8, 4) is 5.75 Å². The molecule has 40 heavy (non-hydrogen) atoms. The van der Waals surface area contributed by atoms with Crippen LogP contribution in [0.4, 0.5) is 0 Å². The van der Waals surface area contributed by atoms with Crippen molar-refractivity contribution in [3.05, 3.63) is 29.3 Å². The highest BCUT2D eigenvalue weighted by Gasteiger charge is 2.45. The molecule has 0 spiro atoms. The number of aliphatic hydroxyl groups excluding tert-OH is 1. The second-order valence-electron chi connectivity index (χ2n) is 8.75. The number of piperidine rings is 1. The molecule has 0 bridgehead atoms. The maximum atomic E-state index is 13.0. The van der Waals surface area contributed by atoms with E-state index in [1.807, 2.05) is 0 Å². The Morgan fingerprint density at radius 3 is 2.20 bits per heavy atom. The molecule has 2 heterocycles. The molecular weight excluding hydrogens is 530 g/mol. The molecule has 1 aromatic carbocycles. The largest absolute Gasteiger partial charge is 0.491 e. The minimum Gasteiger partial charge on any atom is -0.491 e. The molecule has 0 aromatic heterocycles. The number of amides is 5. The van der Waals surface area contributed by atoms with Gasteiger partial charge < -0.3 is 34.1 Å². The third-order valence-electron chi connectivity index (χ3n) is 5.94. The maximum Gasteiger partial charge on any atom is 0.266 e. The van der Waals surface area contributed by atoms with E-state index in [1.54, 1.807) is 6.07 Å². The van der Waals surface area contributed by atoms with E-state index in [2.05, 4.69) is 10.6 Å². The summed E-state index contributed by atoms with van der Waals surface area (Å²) in [5, 5.41) is 13.4. The van der Waals surface area contributed by atoms with Gasteiger partial charge in [0, 0.05) is 12.8 Å². The molecule has 14 heteroatoms. The van der Waals surface area contributed by atoms with E-state index < -0.39 is 29.7 Å². The van der Waals surface area contributed by atoms with Crippen LogP contribution in [0.1, 0.15) is 40.0 Å². The number of carbonyl (C=O) groups is 5. The molecule has 220 valence electrons. The molecule has 5 amide bonds. The highest BCUT2D eigenvalue weighted by molar-refractivity contribution is 6.24. The van der Waals surface area contributed by atoms with Crippen LogP contribution in [0.25, 0.3) is 0 Å². The van der Waals surface area contributed by atoms with Crippen LogP contribution in [0, 0.1) is 0 Å². The van der Waals surface area contributed by atoms with Gasteiger partial charge in [-0.05, 0) is 18.6 Å². The number of hydrogen-bond donors (Lipinski definition) is 3. The van der Waals surface area contributed by atoms with Gasteiger partial charge in [-0.25, -0.2) is 0 Å². The zero-order chi connectivity index (χ0) is 28.7. The van der Waals surface area contributed by atoms with Crippen LogP contribution >= 0.6 is 0 Å². The van der Waals surface area contributed by atoms with Gasteiger partial charge in [0.2, 0.25) is 17.7 Å². The van der Waals surface area contributed by atoms with E-state index >= 15 is 0 Å². The maximum absolute atomic E-state index is 13.0. The molecule has 2 aliphatic heterocycles. The second kappa shape index (κ2) is 16.6. The molecule has 1 atom stereocenters. The van der Waals surface area contributed by atoms with Gasteiger partial charge >= 0.3 is 0 Å². The first kappa shape index (κ1) is 31.1. The van der Waals surface area contributed by atoms with Gasteiger partial charge in [0.1, 0.15) is 18.4 Å². The summed E-state index contributed by atoms with van der Waals surface area (Å²) < 4.78 is 26.8. The summed E-state index contributed by atoms with van der Waals surface area (Å²) in [5.74, 6) is -2.48. The molecule has 1 saturated heterocycles. The zero-order valence-electron chi connectivity index (χ0n) is 22.2. The number of benzene rings is 1. The summed E-state index contributed by atoms with van der Waals surface area (Å²) in [7, 11) is 0. The third-order valence-corrected chi connectivity index (χ3v) is 5.94. The molecule has 0 saturated carbocycles. The van der Waals surface area contributed by atoms with Gasteiger partial charge in [-0.3, -0.25) is 34.2 Å². The summed E-state index contributed by atoms with van der Waals surface area (Å²) in [6, 6.07) is 3.52. The average molecular weight is 566 g/mol. The van der Waals surface area contributed by atoms with Crippen LogP contribution in [-0.2, 0) is 33.3 Å². The molecule has 3 N–H and O–H groups in total. The van der Waals surface area contributed by atoms with Gasteiger partial charge in [0.15, 0.2) is 0 Å². The average Bonchev–Trinajstić information content (AvgIpc) is 3.19. The van der Waals surface area contributed by atoms with Crippen LogP contribution in [-0.4, -0.2) is 118 Å². The van der Waals surface area contributed by atoms with Crippen molar-refractivity contribution < 1.29 is 52.8 Å². The molecule has 1 unspecified atom stereocenters. The number of nitrogens with zero attached hydrogens (tertiary/aromatic N) is 1. The minimum absolute atomic E-state index is 0.0157. The Bertz CT molecular complexity index is 1050. The van der Waals surface area contributed by atoms with Gasteiger partial charge in [0.05, 0.1) is 77.1 Å². The smallest absolute Gasteiger partial charge is 0.266 e. The summed E-state index contributed by atoms with van der Waals surface area (Å²) in [4.78, 5) is 62.5. The number of fused-ring (bicyclic) bond motifs is 1. The van der Waals surface area contributed by atoms with Crippen LogP contribution in [0.3, 0.4) is 0 Å². The van der Waals surface area contributed by atoms with Crippen molar-refractivity contribution in [3.63, 3.8) is 0 Å². The van der Waals surface area contributed by atoms with Gasteiger partial charge in [-0.1, -0.05) is 6.07 Å². The Labute approximate surface area is 231 Å². The van der Waals surface area contributed by atoms with Gasteiger partial charge in [-0.15, -0.1) is 0 Å². The number of aliphatic hydroxyl groups is 1. The first-order valence-corrected chi connectivity index (χ1v) is 13.1. The Balaban J connectivity index is 1.28. The SMILES string of the molecule is O=C(CCOCCOCCOCCOCCO)NCCOc1cccc2c1C(=O)N(C1CCC(=O)NC1=O)C2=O. The lowest BCUT2D eigenvalue weighted by Gasteiger charge is -2.27. The number of rotatable bonds is 19. The highest BCUT2D eigenvalue weighted by atomic mass is 16.6. The van der Waals surface area contributed by atoms with Crippen molar-refractivity contribution in [1.82, 2.24) is 15.5 Å². The lowest BCUT2D eigenvalue weighted by molar-refractivity contribution is -0.136. The molecular formula is C26H35N3O11. The quantitative estimate of drug-likeness (QED) is 0.139. The Morgan fingerprint density at radius 2 is 1.55 bits per heavy atom. The molecule has 1 fully saturated rings. The molecule has 0 aliphatic carbocycles. The fraction of sp³-hybridized carbons (Fsp3) is 0.577. The Kier molecular flexibility index (Phi) is 12.9. The van der Waals surface area contributed by atoms with Crippen molar-refractivity contribution >= 4 is 29.5 Å². The van der Waals surface area contributed by atoms with Crippen LogP contribution in [0.2, 0.25) is 0 Å². The fourth-order valence-electron chi connectivity index (χ4n) is 4.04. The fourth-order valence-corrected chi connectivity index (χ4v) is 4.04. The van der Waals surface area contributed by atoms with E-state index in [4.69, 9.17) is 28.8 Å². The van der Waals surface area contributed by atoms with E-state index in [-0.39, 0.29) is 75.0 Å². The van der Waals surface area contributed by atoms with Crippen molar-refractivity contribution in [2.24, 2.45) is 0 Å². The predicted molar refractivity (Wildman–Crippen MR) is 137 cm³/mol. The molecule has 0 radical (unpaired) electrons. The van der Waals surface area contributed by atoms with E-state index in [0.717, 1.165) is 4.90 Å². The minimum atomic E-state index is -1.06. The van der Waals surface area contributed by atoms with E-state index in [1.165, 1.54) is 12.1 Å². The Hall–Kier alpha value is -3.43. The normalized spacial score (nSPS) is 16.7.